The summed E-state index contributed by atoms with van der Waals surface area (Å²) in [5.41, 5.74) is 0.0442. The fourth-order valence-electron chi connectivity index (χ4n) is 2.51. The van der Waals surface area contributed by atoms with Gasteiger partial charge in [0.1, 0.15) is 11.6 Å². The van der Waals surface area contributed by atoms with Crippen molar-refractivity contribution in [3.8, 4) is 0 Å². The number of benzene rings is 1. The van der Waals surface area contributed by atoms with Gasteiger partial charge < -0.3 is 5.32 Å². The Balaban J connectivity index is 2.27. The monoisotopic (exact) mass is 253 g/mol. The zero-order chi connectivity index (χ0) is 13.3. The highest BCUT2D eigenvalue weighted by molar-refractivity contribution is 5.79. The number of nitrogens with one attached hydrogen (secondary N) is 1. The van der Waals surface area contributed by atoms with Crippen LogP contribution < -0.4 is 5.32 Å². The fourth-order valence-corrected chi connectivity index (χ4v) is 2.51. The van der Waals surface area contributed by atoms with Crippen LogP contribution in [0.15, 0.2) is 18.2 Å². The molecule has 0 bridgehead atoms. The van der Waals surface area contributed by atoms with Crippen LogP contribution >= 0.6 is 0 Å². The molecule has 1 N–H and O–H groups in total. The lowest BCUT2D eigenvalue weighted by Gasteiger charge is -2.33. The molecule has 18 heavy (non-hydrogen) atoms. The summed E-state index contributed by atoms with van der Waals surface area (Å²) in [7, 11) is 0. The van der Waals surface area contributed by atoms with Gasteiger partial charge in [-0.25, -0.2) is 8.78 Å². The zero-order valence-corrected chi connectivity index (χ0v) is 10.6. The van der Waals surface area contributed by atoms with Crippen molar-refractivity contribution in [1.29, 1.82) is 0 Å². The summed E-state index contributed by atoms with van der Waals surface area (Å²) in [6.45, 7) is 4.01. The van der Waals surface area contributed by atoms with Gasteiger partial charge in [-0.05, 0) is 30.4 Å². The quantitative estimate of drug-likeness (QED) is 0.881. The van der Waals surface area contributed by atoms with Crippen molar-refractivity contribution in [3.63, 3.8) is 0 Å². The average Bonchev–Trinajstić information content (AvgIpc) is 2.66. The third kappa shape index (κ3) is 2.37. The molecule has 0 radical (unpaired) electrons. The van der Waals surface area contributed by atoms with E-state index in [1.54, 1.807) is 0 Å². The Morgan fingerprint density at radius 1 is 1.39 bits per heavy atom. The summed E-state index contributed by atoms with van der Waals surface area (Å²) in [6, 6.07) is 3.60. The Hall–Kier alpha value is -1.45. The lowest BCUT2D eigenvalue weighted by Crippen LogP contribution is -2.48. The van der Waals surface area contributed by atoms with Gasteiger partial charge in [-0.1, -0.05) is 19.9 Å². The molecule has 1 unspecified atom stereocenters. The van der Waals surface area contributed by atoms with Crippen molar-refractivity contribution < 1.29 is 13.6 Å². The van der Waals surface area contributed by atoms with Crippen LogP contribution in [0.5, 0.6) is 0 Å². The molecule has 1 atom stereocenters. The Kier molecular flexibility index (Phi) is 3.37. The fraction of sp³-hybridized carbons (Fsp3) is 0.500. The number of hydrogen-bond donors (Lipinski definition) is 1. The van der Waals surface area contributed by atoms with Crippen LogP contribution in [0.25, 0.3) is 0 Å². The van der Waals surface area contributed by atoms with E-state index >= 15 is 0 Å². The largest absolute Gasteiger partial charge is 0.350 e. The summed E-state index contributed by atoms with van der Waals surface area (Å²) >= 11 is 0. The van der Waals surface area contributed by atoms with Gasteiger partial charge in [0, 0.05) is 18.0 Å². The molecule has 4 heteroatoms. The molecule has 1 aromatic carbocycles. The van der Waals surface area contributed by atoms with E-state index in [1.165, 1.54) is 12.1 Å². The van der Waals surface area contributed by atoms with Crippen molar-refractivity contribution in [2.45, 2.75) is 38.6 Å². The molecule has 98 valence electrons. The first-order valence-corrected chi connectivity index (χ1v) is 6.18. The van der Waals surface area contributed by atoms with Crippen molar-refractivity contribution in [2.75, 3.05) is 0 Å². The molecule has 0 saturated carbocycles. The predicted molar refractivity (Wildman–Crippen MR) is 65.0 cm³/mol. The molecule has 1 aliphatic rings. The Labute approximate surface area is 105 Å². The van der Waals surface area contributed by atoms with Crippen molar-refractivity contribution in [1.82, 2.24) is 5.32 Å². The second-order valence-corrected chi connectivity index (χ2v) is 5.27. The SMILES string of the molecule is CC(C)C1(Cc2ccc(F)cc2F)CCC(=O)N1. The lowest BCUT2D eigenvalue weighted by atomic mass is 9.79. The predicted octanol–water partition coefficient (Wildman–Crippen LogP) is 2.81. The molecule has 1 aromatic rings. The van der Waals surface area contributed by atoms with Crippen molar-refractivity contribution in [2.24, 2.45) is 5.92 Å². The third-order valence-electron chi connectivity index (χ3n) is 3.81. The van der Waals surface area contributed by atoms with Crippen molar-refractivity contribution in [3.05, 3.63) is 35.4 Å². The van der Waals surface area contributed by atoms with Crippen molar-refractivity contribution >= 4 is 5.91 Å². The van der Waals surface area contributed by atoms with E-state index in [9.17, 15) is 13.6 Å². The van der Waals surface area contributed by atoms with Gasteiger partial charge in [0.2, 0.25) is 5.91 Å². The Bertz CT molecular complexity index is 473. The molecule has 1 amide bonds. The number of amides is 1. The molecule has 0 aliphatic carbocycles. The topological polar surface area (TPSA) is 29.1 Å². The Morgan fingerprint density at radius 2 is 2.11 bits per heavy atom. The van der Waals surface area contributed by atoms with Crippen LogP contribution in [-0.4, -0.2) is 11.4 Å². The van der Waals surface area contributed by atoms with E-state index < -0.39 is 17.2 Å². The minimum absolute atomic E-state index is 0.00576. The Morgan fingerprint density at radius 3 is 2.61 bits per heavy atom. The molecule has 0 aromatic heterocycles. The molecule has 2 rings (SSSR count). The molecule has 1 aliphatic heterocycles. The van der Waals surface area contributed by atoms with E-state index in [1.807, 2.05) is 13.8 Å². The summed E-state index contributed by atoms with van der Waals surface area (Å²) in [4.78, 5) is 11.4. The molecule has 1 heterocycles. The smallest absolute Gasteiger partial charge is 0.220 e. The molecule has 1 saturated heterocycles. The van der Waals surface area contributed by atoms with Gasteiger partial charge in [0.05, 0.1) is 0 Å². The first-order valence-electron chi connectivity index (χ1n) is 6.18. The maximum Gasteiger partial charge on any atom is 0.220 e. The summed E-state index contributed by atoms with van der Waals surface area (Å²) in [5, 5.41) is 2.96. The highest BCUT2D eigenvalue weighted by Crippen LogP contribution is 2.32. The second-order valence-electron chi connectivity index (χ2n) is 5.27. The third-order valence-corrected chi connectivity index (χ3v) is 3.81. The molecular formula is C14H17F2NO. The molecule has 1 fully saturated rings. The highest BCUT2D eigenvalue weighted by atomic mass is 19.1. The van der Waals surface area contributed by atoms with Gasteiger partial charge in [0.25, 0.3) is 0 Å². The number of carbonyl (C=O) groups excluding carboxylic acids is 1. The summed E-state index contributed by atoms with van der Waals surface area (Å²) in [6.07, 6.45) is 1.57. The van der Waals surface area contributed by atoms with Crippen LogP contribution in [0.2, 0.25) is 0 Å². The standard InChI is InChI=1S/C14H17F2NO/c1-9(2)14(6-5-13(18)17-14)8-10-3-4-11(15)7-12(10)16/h3-4,7,9H,5-6,8H2,1-2H3,(H,17,18). The van der Waals surface area contributed by atoms with Crippen LogP contribution in [0, 0.1) is 17.6 Å². The van der Waals surface area contributed by atoms with E-state index in [-0.39, 0.29) is 11.8 Å². The van der Waals surface area contributed by atoms with Gasteiger partial charge in [-0.3, -0.25) is 4.79 Å². The number of rotatable bonds is 3. The number of hydrogen-bond acceptors (Lipinski definition) is 1. The minimum atomic E-state index is -0.578. The lowest BCUT2D eigenvalue weighted by molar-refractivity contribution is -0.120. The molecule has 2 nitrogen and oxygen atoms in total. The van der Waals surface area contributed by atoms with E-state index in [0.717, 1.165) is 6.07 Å². The zero-order valence-electron chi connectivity index (χ0n) is 10.6. The van der Waals surface area contributed by atoms with Crippen LogP contribution in [0.4, 0.5) is 8.78 Å². The molecule has 0 spiro atoms. The first kappa shape index (κ1) is 13.0. The van der Waals surface area contributed by atoms with Gasteiger partial charge >= 0.3 is 0 Å². The second kappa shape index (κ2) is 4.67. The van der Waals surface area contributed by atoms with E-state index in [4.69, 9.17) is 0 Å². The average molecular weight is 253 g/mol. The normalized spacial score (nSPS) is 23.5. The number of carbonyl (C=O) groups is 1. The highest BCUT2D eigenvalue weighted by Gasteiger charge is 2.40. The maximum absolute atomic E-state index is 13.7. The van der Waals surface area contributed by atoms with E-state index in [0.29, 0.717) is 24.8 Å². The van der Waals surface area contributed by atoms with Crippen LogP contribution in [0.3, 0.4) is 0 Å². The maximum atomic E-state index is 13.7. The van der Waals surface area contributed by atoms with Gasteiger partial charge in [0.15, 0.2) is 0 Å². The van der Waals surface area contributed by atoms with Crippen LogP contribution in [0.1, 0.15) is 32.3 Å². The minimum Gasteiger partial charge on any atom is -0.350 e. The first-order chi connectivity index (χ1) is 8.43. The van der Waals surface area contributed by atoms with Gasteiger partial charge in [-0.2, -0.15) is 0 Å². The molecular weight excluding hydrogens is 236 g/mol. The summed E-state index contributed by atoms with van der Waals surface area (Å²) in [5.74, 6) is -0.916. The van der Waals surface area contributed by atoms with Gasteiger partial charge in [-0.15, -0.1) is 0 Å². The van der Waals surface area contributed by atoms with Crippen LogP contribution in [-0.2, 0) is 11.2 Å². The number of halogens is 2. The van der Waals surface area contributed by atoms with E-state index in [2.05, 4.69) is 5.32 Å². The summed E-state index contributed by atoms with van der Waals surface area (Å²) < 4.78 is 26.5.